The van der Waals surface area contributed by atoms with Crippen LogP contribution in [0.5, 0.6) is 0 Å². The fraction of sp³-hybridized carbons (Fsp3) is 0.800. The minimum atomic E-state index is 0.622. The van der Waals surface area contributed by atoms with Crippen LogP contribution in [0.4, 0.5) is 0 Å². The highest BCUT2D eigenvalue weighted by atomic mass is 15.2. The normalized spacial score (nSPS) is 15.9. The summed E-state index contributed by atoms with van der Waals surface area (Å²) in [7, 11) is 0. The lowest BCUT2D eigenvalue weighted by Gasteiger charge is -2.27. The molecule has 1 N–H and O–H groups in total. The summed E-state index contributed by atoms with van der Waals surface area (Å²) in [5, 5.41) is 3.47. The van der Waals surface area contributed by atoms with Crippen molar-refractivity contribution in [3.05, 3.63) is 18.2 Å². The SMILES string of the molecule is CC(C)NCCCCCCN1CCn2ccnc2C1. The second-order valence-corrected chi connectivity index (χ2v) is 5.84. The molecule has 0 aliphatic carbocycles. The lowest BCUT2D eigenvalue weighted by molar-refractivity contribution is 0.212. The van der Waals surface area contributed by atoms with Gasteiger partial charge in [0.15, 0.2) is 0 Å². The lowest BCUT2D eigenvalue weighted by Crippen LogP contribution is -2.34. The van der Waals surface area contributed by atoms with E-state index in [1.165, 1.54) is 51.1 Å². The quantitative estimate of drug-likeness (QED) is 0.731. The van der Waals surface area contributed by atoms with E-state index in [-0.39, 0.29) is 0 Å². The van der Waals surface area contributed by atoms with Crippen LogP contribution in [0.3, 0.4) is 0 Å². The number of hydrogen-bond acceptors (Lipinski definition) is 3. The third-order valence-corrected chi connectivity index (χ3v) is 3.78. The molecule has 0 spiro atoms. The van der Waals surface area contributed by atoms with E-state index < -0.39 is 0 Å². The van der Waals surface area contributed by atoms with Crippen LogP contribution in [-0.2, 0) is 13.1 Å². The molecule has 0 fully saturated rings. The van der Waals surface area contributed by atoms with Crippen LogP contribution in [0.15, 0.2) is 12.4 Å². The van der Waals surface area contributed by atoms with E-state index in [1.54, 1.807) is 0 Å². The predicted molar refractivity (Wildman–Crippen MR) is 79.1 cm³/mol. The van der Waals surface area contributed by atoms with Crippen LogP contribution >= 0.6 is 0 Å². The molecule has 0 saturated heterocycles. The lowest BCUT2D eigenvalue weighted by atomic mass is 10.1. The summed E-state index contributed by atoms with van der Waals surface area (Å²) in [6.07, 6.45) is 9.34. The average molecular weight is 264 g/mol. The van der Waals surface area contributed by atoms with Crippen molar-refractivity contribution < 1.29 is 0 Å². The molecule has 4 nitrogen and oxygen atoms in total. The minimum absolute atomic E-state index is 0.622. The summed E-state index contributed by atoms with van der Waals surface area (Å²) >= 11 is 0. The Labute approximate surface area is 117 Å². The van der Waals surface area contributed by atoms with Crippen LogP contribution in [0.2, 0.25) is 0 Å². The van der Waals surface area contributed by atoms with E-state index in [1.807, 2.05) is 6.20 Å². The molecule has 0 atom stereocenters. The fourth-order valence-corrected chi connectivity index (χ4v) is 2.62. The van der Waals surface area contributed by atoms with E-state index in [2.05, 4.69) is 39.8 Å². The summed E-state index contributed by atoms with van der Waals surface area (Å²) in [4.78, 5) is 6.94. The Morgan fingerprint density at radius 3 is 2.89 bits per heavy atom. The third-order valence-electron chi connectivity index (χ3n) is 3.78. The maximum absolute atomic E-state index is 4.41. The summed E-state index contributed by atoms with van der Waals surface area (Å²) in [6, 6.07) is 0.622. The Morgan fingerprint density at radius 2 is 2.05 bits per heavy atom. The van der Waals surface area contributed by atoms with Gasteiger partial charge in [-0.2, -0.15) is 0 Å². The third kappa shape index (κ3) is 4.96. The fourth-order valence-electron chi connectivity index (χ4n) is 2.62. The molecule has 1 aliphatic heterocycles. The maximum Gasteiger partial charge on any atom is 0.122 e. The van der Waals surface area contributed by atoms with Crippen molar-refractivity contribution in [2.24, 2.45) is 0 Å². The van der Waals surface area contributed by atoms with E-state index in [4.69, 9.17) is 0 Å². The summed E-state index contributed by atoms with van der Waals surface area (Å²) in [6.45, 7) is 10.1. The standard InChI is InChI=1S/C15H28N4/c1-14(2)16-7-5-3-4-6-9-18-11-12-19-10-8-17-15(19)13-18/h8,10,14,16H,3-7,9,11-13H2,1-2H3. The maximum atomic E-state index is 4.41. The van der Waals surface area contributed by atoms with E-state index in [0.717, 1.165) is 13.1 Å². The van der Waals surface area contributed by atoms with Crippen molar-refractivity contribution in [3.8, 4) is 0 Å². The highest BCUT2D eigenvalue weighted by Crippen LogP contribution is 2.11. The Bertz CT molecular complexity index is 359. The first kappa shape index (κ1) is 14.5. The number of nitrogens with one attached hydrogen (secondary N) is 1. The van der Waals surface area contributed by atoms with Gasteiger partial charge in [0.25, 0.3) is 0 Å². The zero-order chi connectivity index (χ0) is 13.5. The van der Waals surface area contributed by atoms with Gasteiger partial charge >= 0.3 is 0 Å². The van der Waals surface area contributed by atoms with Crippen LogP contribution in [0.1, 0.15) is 45.4 Å². The van der Waals surface area contributed by atoms with Gasteiger partial charge in [0.1, 0.15) is 5.82 Å². The van der Waals surface area contributed by atoms with Gasteiger partial charge in [-0.05, 0) is 25.9 Å². The van der Waals surface area contributed by atoms with Crippen molar-refractivity contribution in [1.29, 1.82) is 0 Å². The second-order valence-electron chi connectivity index (χ2n) is 5.84. The number of imidazole rings is 1. The van der Waals surface area contributed by atoms with Gasteiger partial charge in [0, 0.05) is 31.5 Å². The second kappa shape index (κ2) is 7.65. The molecule has 0 saturated carbocycles. The summed E-state index contributed by atoms with van der Waals surface area (Å²) in [5.74, 6) is 1.23. The predicted octanol–water partition coefficient (Wildman–Crippen LogP) is 2.26. The smallest absolute Gasteiger partial charge is 0.122 e. The largest absolute Gasteiger partial charge is 0.333 e. The van der Waals surface area contributed by atoms with E-state index in [0.29, 0.717) is 6.04 Å². The van der Waals surface area contributed by atoms with Crippen molar-refractivity contribution in [1.82, 2.24) is 19.8 Å². The van der Waals surface area contributed by atoms with Crippen LogP contribution < -0.4 is 5.32 Å². The number of rotatable bonds is 8. The van der Waals surface area contributed by atoms with Gasteiger partial charge in [0.05, 0.1) is 6.54 Å². The van der Waals surface area contributed by atoms with Gasteiger partial charge in [-0.1, -0.05) is 26.7 Å². The summed E-state index contributed by atoms with van der Waals surface area (Å²) < 4.78 is 2.27. The van der Waals surface area contributed by atoms with E-state index in [9.17, 15) is 0 Å². The Balaban J connectivity index is 1.50. The molecular weight excluding hydrogens is 236 g/mol. The van der Waals surface area contributed by atoms with Gasteiger partial charge in [-0.25, -0.2) is 4.98 Å². The molecule has 2 rings (SSSR count). The molecule has 0 unspecified atom stereocenters. The van der Waals surface area contributed by atoms with Gasteiger partial charge in [0.2, 0.25) is 0 Å². The molecule has 1 aliphatic rings. The number of aromatic nitrogens is 2. The number of hydrogen-bond donors (Lipinski definition) is 1. The van der Waals surface area contributed by atoms with Crippen LogP contribution in [0, 0.1) is 0 Å². The highest BCUT2D eigenvalue weighted by Gasteiger charge is 2.15. The molecule has 0 bridgehead atoms. The molecule has 108 valence electrons. The number of fused-ring (bicyclic) bond motifs is 1. The van der Waals surface area contributed by atoms with Crippen LogP contribution in [-0.4, -0.2) is 40.1 Å². The molecule has 2 heterocycles. The van der Waals surface area contributed by atoms with Crippen molar-refractivity contribution in [2.45, 2.75) is 58.7 Å². The monoisotopic (exact) mass is 264 g/mol. The van der Waals surface area contributed by atoms with Crippen molar-refractivity contribution in [2.75, 3.05) is 19.6 Å². The molecule has 1 aromatic heterocycles. The molecular formula is C15H28N4. The van der Waals surface area contributed by atoms with Crippen LogP contribution in [0.25, 0.3) is 0 Å². The first-order chi connectivity index (χ1) is 9.25. The Kier molecular flexibility index (Phi) is 5.86. The van der Waals surface area contributed by atoms with Gasteiger partial charge < -0.3 is 9.88 Å². The molecule has 0 amide bonds. The Morgan fingerprint density at radius 1 is 1.21 bits per heavy atom. The topological polar surface area (TPSA) is 33.1 Å². The van der Waals surface area contributed by atoms with E-state index >= 15 is 0 Å². The Hall–Kier alpha value is -0.870. The zero-order valence-electron chi connectivity index (χ0n) is 12.4. The van der Waals surface area contributed by atoms with Crippen molar-refractivity contribution >= 4 is 0 Å². The molecule has 1 aromatic rings. The summed E-state index contributed by atoms with van der Waals surface area (Å²) in [5.41, 5.74) is 0. The van der Waals surface area contributed by atoms with Gasteiger partial charge in [-0.15, -0.1) is 0 Å². The molecule has 0 aromatic carbocycles. The van der Waals surface area contributed by atoms with Gasteiger partial charge in [-0.3, -0.25) is 4.90 Å². The first-order valence-corrected chi connectivity index (χ1v) is 7.71. The minimum Gasteiger partial charge on any atom is -0.333 e. The highest BCUT2D eigenvalue weighted by molar-refractivity contribution is 4.95. The first-order valence-electron chi connectivity index (χ1n) is 7.71. The molecule has 19 heavy (non-hydrogen) atoms. The zero-order valence-corrected chi connectivity index (χ0v) is 12.4. The number of nitrogens with zero attached hydrogens (tertiary/aromatic N) is 3. The number of unbranched alkanes of at least 4 members (excludes halogenated alkanes) is 3. The molecule has 4 heteroatoms. The van der Waals surface area contributed by atoms with Crippen molar-refractivity contribution in [3.63, 3.8) is 0 Å². The molecule has 0 radical (unpaired) electrons. The average Bonchev–Trinajstić information content (AvgIpc) is 2.84.